The number of carbonyl (C=O) groups is 1. The number of nitrogens with one attached hydrogen (secondary N) is 1. The number of anilines is 1. The summed E-state index contributed by atoms with van der Waals surface area (Å²) in [6.07, 6.45) is 5.35. The van der Waals surface area contributed by atoms with Crippen LogP contribution in [0.15, 0.2) is 81.5 Å². The molecule has 192 valence electrons. The zero-order chi connectivity index (χ0) is 26.3. The van der Waals surface area contributed by atoms with Crippen molar-refractivity contribution in [1.82, 2.24) is 9.71 Å². The molecule has 36 heavy (non-hydrogen) atoms. The van der Waals surface area contributed by atoms with E-state index < -0.39 is 26.0 Å². The molecule has 4 rings (SSSR count). The Kier molecular flexibility index (Phi) is 6.96. The highest BCUT2D eigenvalue weighted by Crippen LogP contribution is 2.56. The molecule has 1 aliphatic heterocycles. The van der Waals surface area contributed by atoms with E-state index in [9.17, 15) is 13.2 Å². The van der Waals surface area contributed by atoms with Crippen LogP contribution >= 0.6 is 10.0 Å². The predicted octanol–water partition coefficient (Wildman–Crippen LogP) is 5.62. The molecule has 0 unspecified atom stereocenters. The van der Waals surface area contributed by atoms with Crippen molar-refractivity contribution in [2.24, 2.45) is 5.92 Å². The van der Waals surface area contributed by atoms with E-state index in [1.165, 1.54) is 22.6 Å². The van der Waals surface area contributed by atoms with Gasteiger partial charge in [-0.05, 0) is 86.9 Å². The van der Waals surface area contributed by atoms with Crippen molar-refractivity contribution in [2.45, 2.75) is 54.5 Å². The molecule has 1 amide bonds. The smallest absolute Gasteiger partial charge is 0.268 e. The van der Waals surface area contributed by atoms with E-state index in [0.717, 1.165) is 18.0 Å². The van der Waals surface area contributed by atoms with Crippen LogP contribution in [-0.2, 0) is 10.0 Å². The molecule has 2 heterocycles. The molecule has 0 radical (unpaired) electrons. The molecular weight excluding hydrogens is 490 g/mol. The van der Waals surface area contributed by atoms with Gasteiger partial charge in [0.25, 0.3) is 15.9 Å². The summed E-state index contributed by atoms with van der Waals surface area (Å²) in [5.41, 5.74) is 1.24. The van der Waals surface area contributed by atoms with Gasteiger partial charge >= 0.3 is 0 Å². The summed E-state index contributed by atoms with van der Waals surface area (Å²) < 4.78 is 28.1. The third-order valence-electron chi connectivity index (χ3n) is 6.84. The first-order valence-electron chi connectivity index (χ1n) is 12.0. The van der Waals surface area contributed by atoms with Gasteiger partial charge in [-0.1, -0.05) is 42.8 Å². The average Bonchev–Trinajstić information content (AvgIpc) is 3.10. The van der Waals surface area contributed by atoms with E-state index in [1.807, 2.05) is 6.07 Å². The van der Waals surface area contributed by atoms with Crippen LogP contribution in [-0.4, -0.2) is 43.9 Å². The topological polar surface area (TPSA) is 79.4 Å². The first-order chi connectivity index (χ1) is 16.8. The van der Waals surface area contributed by atoms with Crippen LogP contribution in [0.25, 0.3) is 0 Å². The number of hydrogen-bond acceptors (Lipinski definition) is 5. The SMILES string of the molecule is Cc1ccc(S(C)(C)c2ccc(C(=O)NS(=O)(=O)c3ccccc3)c(N3C[C@@H](C)CC3(C)C)n2)cc1. The molecule has 1 atom stereocenters. The monoisotopic (exact) mass is 525 g/mol. The van der Waals surface area contributed by atoms with Gasteiger partial charge in [-0.2, -0.15) is 10.0 Å². The van der Waals surface area contributed by atoms with Crippen molar-refractivity contribution in [3.63, 3.8) is 0 Å². The molecule has 0 aliphatic carbocycles. The van der Waals surface area contributed by atoms with Crippen molar-refractivity contribution in [3.05, 3.63) is 77.9 Å². The Morgan fingerprint density at radius 2 is 1.61 bits per heavy atom. The fourth-order valence-electron chi connectivity index (χ4n) is 4.89. The molecule has 1 N–H and O–H groups in total. The second-order valence-electron chi connectivity index (χ2n) is 10.6. The van der Waals surface area contributed by atoms with Gasteiger partial charge in [0, 0.05) is 12.1 Å². The molecular formula is C28H35N3O3S2. The number of sulfonamides is 1. The van der Waals surface area contributed by atoms with Gasteiger partial charge in [0.15, 0.2) is 0 Å². The Hall–Kier alpha value is -2.84. The van der Waals surface area contributed by atoms with E-state index in [2.05, 4.69) is 74.1 Å². The Bertz CT molecular complexity index is 1370. The fraction of sp³-hybridized carbons (Fsp3) is 0.357. The van der Waals surface area contributed by atoms with Gasteiger partial charge in [0.2, 0.25) is 0 Å². The number of benzene rings is 2. The fourth-order valence-corrected chi connectivity index (χ4v) is 7.66. The number of aryl methyl sites for hydroxylation is 1. The summed E-state index contributed by atoms with van der Waals surface area (Å²) in [6, 6.07) is 20.0. The van der Waals surface area contributed by atoms with Gasteiger partial charge in [0.05, 0.1) is 15.5 Å². The first kappa shape index (κ1) is 26.2. The number of carbonyl (C=O) groups excluding carboxylic acids is 1. The molecule has 1 aromatic heterocycles. The van der Waals surface area contributed by atoms with Gasteiger partial charge in [-0.15, -0.1) is 0 Å². The Labute approximate surface area is 216 Å². The maximum Gasteiger partial charge on any atom is 0.268 e. The highest BCUT2D eigenvalue weighted by Gasteiger charge is 2.39. The van der Waals surface area contributed by atoms with Crippen LogP contribution in [0, 0.1) is 12.8 Å². The van der Waals surface area contributed by atoms with Gasteiger partial charge in [-0.3, -0.25) is 4.79 Å². The highest BCUT2D eigenvalue weighted by molar-refractivity contribution is 8.32. The molecule has 1 fully saturated rings. The number of hydrogen-bond donors (Lipinski definition) is 1. The van der Waals surface area contributed by atoms with Crippen molar-refractivity contribution >= 4 is 31.8 Å². The van der Waals surface area contributed by atoms with E-state index in [1.54, 1.807) is 24.3 Å². The Morgan fingerprint density at radius 3 is 2.19 bits per heavy atom. The van der Waals surface area contributed by atoms with E-state index >= 15 is 0 Å². The van der Waals surface area contributed by atoms with Gasteiger partial charge in [0.1, 0.15) is 5.82 Å². The molecule has 0 spiro atoms. The third kappa shape index (κ3) is 5.15. The number of pyridine rings is 1. The summed E-state index contributed by atoms with van der Waals surface area (Å²) in [6.45, 7) is 9.29. The molecule has 3 aromatic rings. The number of nitrogens with zero attached hydrogens (tertiary/aromatic N) is 2. The van der Waals surface area contributed by atoms with Gasteiger partial charge in [-0.25, -0.2) is 18.1 Å². The Morgan fingerprint density at radius 1 is 0.972 bits per heavy atom. The molecule has 2 aromatic carbocycles. The van der Waals surface area contributed by atoms with Crippen molar-refractivity contribution < 1.29 is 13.2 Å². The lowest BCUT2D eigenvalue weighted by Gasteiger charge is -2.36. The average molecular weight is 526 g/mol. The van der Waals surface area contributed by atoms with Crippen molar-refractivity contribution in [3.8, 4) is 0 Å². The van der Waals surface area contributed by atoms with Crippen molar-refractivity contribution in [1.29, 1.82) is 0 Å². The van der Waals surface area contributed by atoms with E-state index in [-0.39, 0.29) is 16.0 Å². The molecule has 8 heteroatoms. The van der Waals surface area contributed by atoms with Crippen LogP contribution in [0.2, 0.25) is 0 Å². The molecule has 1 saturated heterocycles. The quantitative estimate of drug-likeness (QED) is 0.452. The van der Waals surface area contributed by atoms with Crippen LogP contribution in [0.1, 0.15) is 43.1 Å². The Balaban J connectivity index is 1.79. The maximum atomic E-state index is 13.4. The summed E-state index contributed by atoms with van der Waals surface area (Å²) in [4.78, 5) is 21.9. The highest BCUT2D eigenvalue weighted by atomic mass is 32.3. The lowest BCUT2D eigenvalue weighted by Crippen LogP contribution is -2.41. The minimum Gasteiger partial charge on any atom is -0.351 e. The van der Waals surface area contributed by atoms with Crippen LogP contribution in [0.5, 0.6) is 0 Å². The number of amides is 1. The summed E-state index contributed by atoms with van der Waals surface area (Å²) >= 11 is 0. The minimum absolute atomic E-state index is 0.0459. The lowest BCUT2D eigenvalue weighted by molar-refractivity contribution is 0.0981. The normalized spacial score (nSPS) is 18.2. The lowest BCUT2D eigenvalue weighted by atomic mass is 9.97. The minimum atomic E-state index is -4.01. The predicted molar refractivity (Wildman–Crippen MR) is 148 cm³/mol. The summed E-state index contributed by atoms with van der Waals surface area (Å²) in [5, 5.41) is 0.902. The van der Waals surface area contributed by atoms with Crippen molar-refractivity contribution in [2.75, 3.05) is 24.0 Å². The van der Waals surface area contributed by atoms with Crippen LogP contribution in [0.4, 0.5) is 5.82 Å². The number of rotatable bonds is 6. The number of aromatic nitrogens is 1. The molecule has 6 nitrogen and oxygen atoms in total. The zero-order valence-electron chi connectivity index (χ0n) is 21.8. The second kappa shape index (κ2) is 9.56. The maximum absolute atomic E-state index is 13.4. The first-order valence-corrected chi connectivity index (χ1v) is 16.0. The van der Waals surface area contributed by atoms with Crippen LogP contribution in [0.3, 0.4) is 0 Å². The molecule has 1 aliphatic rings. The molecule has 0 saturated carbocycles. The van der Waals surface area contributed by atoms with Gasteiger partial charge < -0.3 is 4.90 Å². The summed E-state index contributed by atoms with van der Waals surface area (Å²) in [5.74, 6) is 0.286. The van der Waals surface area contributed by atoms with E-state index in [0.29, 0.717) is 11.7 Å². The summed E-state index contributed by atoms with van der Waals surface area (Å²) in [7, 11) is -5.48. The zero-order valence-corrected chi connectivity index (χ0v) is 23.4. The largest absolute Gasteiger partial charge is 0.351 e. The third-order valence-corrected chi connectivity index (χ3v) is 10.9. The van der Waals surface area contributed by atoms with Crippen LogP contribution < -0.4 is 9.62 Å². The standard InChI is InChI=1S/C28H35N3O3S2/c1-20-12-14-22(15-13-20)35(5,6)25-17-16-24(26(29-25)31-19-21(2)18-28(31,3)4)27(32)30-36(33,34)23-10-8-7-9-11-23/h7-17,21H,18-19H2,1-6H3,(H,30,32)/t21-/m0/s1. The molecule has 0 bridgehead atoms. The van der Waals surface area contributed by atoms with E-state index in [4.69, 9.17) is 4.98 Å². The second-order valence-corrected chi connectivity index (χ2v) is 15.9.